The standard InChI is InChI=1S/C6H4ClNO2.HNO2/c7-5-1-3-6(4-2-5)8(9)10;2-1-3/h1-4H;1H. The van der Waals surface area contributed by atoms with Gasteiger partial charge >= 0.3 is 0 Å². The van der Waals surface area contributed by atoms with Crippen LogP contribution in [0.1, 0.15) is 0 Å². The molecular formula is C6H5ClN2O4. The number of halogens is 1. The third kappa shape index (κ3) is 4.70. The first-order valence-electron chi connectivity index (χ1n) is 3.01. The molecule has 0 aliphatic rings. The molecule has 0 amide bonds. The van der Waals surface area contributed by atoms with E-state index in [2.05, 4.69) is 0 Å². The van der Waals surface area contributed by atoms with Crippen molar-refractivity contribution in [2.75, 3.05) is 0 Å². The normalized spacial score (nSPS) is 8.08. The lowest BCUT2D eigenvalue weighted by Crippen LogP contribution is -2.53. The molecule has 0 fully saturated rings. The van der Waals surface area contributed by atoms with Crippen molar-refractivity contribution in [3.63, 3.8) is 0 Å². The molecule has 0 spiro atoms. The molecule has 13 heavy (non-hydrogen) atoms. The summed E-state index contributed by atoms with van der Waals surface area (Å²) in [6.45, 7) is 0. The van der Waals surface area contributed by atoms with E-state index in [4.69, 9.17) is 21.7 Å². The highest BCUT2D eigenvalue weighted by molar-refractivity contribution is 6.30. The largest absolute Gasteiger partial charge is 0.269 e. The molecule has 0 aliphatic carbocycles. The second kappa shape index (κ2) is 5.90. The van der Waals surface area contributed by atoms with Crippen LogP contribution < -0.4 is 5.34 Å². The average Bonchev–Trinajstić information content (AvgIpc) is 2.06. The Morgan fingerprint density at radius 1 is 1.31 bits per heavy atom. The van der Waals surface area contributed by atoms with Crippen molar-refractivity contribution in [2.45, 2.75) is 0 Å². The Balaban J connectivity index is 0.000000424. The second-order valence-electron chi connectivity index (χ2n) is 1.82. The van der Waals surface area contributed by atoms with Crippen LogP contribution in [-0.4, -0.2) is 4.92 Å². The van der Waals surface area contributed by atoms with Gasteiger partial charge in [0, 0.05) is 22.5 Å². The number of hydrogen-bond donors (Lipinski definition) is 1. The molecule has 0 aromatic heterocycles. The van der Waals surface area contributed by atoms with E-state index in [-0.39, 0.29) is 11.0 Å². The van der Waals surface area contributed by atoms with Gasteiger partial charge in [-0.3, -0.25) is 20.2 Å². The van der Waals surface area contributed by atoms with E-state index in [1.165, 1.54) is 24.3 Å². The summed E-state index contributed by atoms with van der Waals surface area (Å²) in [4.78, 5) is 17.7. The van der Waals surface area contributed by atoms with Crippen LogP contribution in [0.2, 0.25) is 5.02 Å². The van der Waals surface area contributed by atoms with Gasteiger partial charge in [0.1, 0.15) is 0 Å². The molecule has 1 rings (SSSR count). The van der Waals surface area contributed by atoms with Crippen molar-refractivity contribution in [3.8, 4) is 0 Å². The number of nitrogens with zero attached hydrogens (tertiary/aromatic N) is 1. The van der Waals surface area contributed by atoms with E-state index in [9.17, 15) is 10.1 Å². The Morgan fingerprint density at radius 2 is 1.69 bits per heavy atom. The van der Waals surface area contributed by atoms with Gasteiger partial charge in [0.05, 0.1) is 4.92 Å². The summed E-state index contributed by atoms with van der Waals surface area (Å²) < 4.78 is 0. The minimum atomic E-state index is -0.462. The Labute approximate surface area is 77.8 Å². The van der Waals surface area contributed by atoms with E-state index >= 15 is 0 Å². The molecule has 0 saturated carbocycles. The van der Waals surface area contributed by atoms with E-state index in [0.29, 0.717) is 5.02 Å². The van der Waals surface area contributed by atoms with E-state index < -0.39 is 4.92 Å². The summed E-state index contributed by atoms with van der Waals surface area (Å²) in [7, 11) is 0. The van der Waals surface area contributed by atoms with Crippen LogP contribution in [0.15, 0.2) is 24.3 Å². The highest BCUT2D eigenvalue weighted by atomic mass is 35.5. The lowest BCUT2D eigenvalue weighted by atomic mass is 10.3. The molecule has 1 aromatic rings. The molecule has 1 aromatic carbocycles. The minimum absolute atomic E-state index is 0.0596. The lowest BCUT2D eigenvalue weighted by molar-refractivity contribution is -0.398. The van der Waals surface area contributed by atoms with Gasteiger partial charge in [0.2, 0.25) is 0 Å². The molecular weight excluding hydrogens is 200 g/mol. The van der Waals surface area contributed by atoms with Crippen LogP contribution in [0.3, 0.4) is 0 Å². The summed E-state index contributed by atoms with van der Waals surface area (Å²) in [6, 6.07) is 5.70. The van der Waals surface area contributed by atoms with Crippen molar-refractivity contribution >= 4 is 17.3 Å². The highest BCUT2D eigenvalue weighted by Crippen LogP contribution is 2.14. The average molecular weight is 205 g/mol. The van der Waals surface area contributed by atoms with Crippen molar-refractivity contribution < 1.29 is 10.3 Å². The molecule has 0 aliphatic heterocycles. The van der Waals surface area contributed by atoms with Gasteiger partial charge in [-0.25, -0.2) is 0 Å². The smallest absolute Gasteiger partial charge is 0.267 e. The summed E-state index contributed by atoms with van der Waals surface area (Å²) in [5.41, 5.74) is 0.0596. The summed E-state index contributed by atoms with van der Waals surface area (Å²) in [5, 5.41) is 19.0. The van der Waals surface area contributed by atoms with Crippen LogP contribution in [-0.2, 0) is 0 Å². The number of rotatable bonds is 1. The van der Waals surface area contributed by atoms with Gasteiger partial charge in [-0.1, -0.05) is 11.6 Å². The number of nitro benzene ring substituents is 1. The van der Waals surface area contributed by atoms with Crippen LogP contribution in [0.25, 0.3) is 0 Å². The summed E-state index contributed by atoms with van der Waals surface area (Å²) >= 11 is 5.49. The Hall–Kier alpha value is -1.69. The maximum atomic E-state index is 10.1. The van der Waals surface area contributed by atoms with E-state index in [1.807, 2.05) is 0 Å². The van der Waals surface area contributed by atoms with Crippen molar-refractivity contribution in [2.24, 2.45) is 0 Å². The molecule has 0 saturated heterocycles. The zero-order valence-electron chi connectivity index (χ0n) is 6.27. The van der Waals surface area contributed by atoms with Crippen molar-refractivity contribution in [3.05, 3.63) is 49.5 Å². The lowest BCUT2D eigenvalue weighted by Gasteiger charge is -1.88. The monoisotopic (exact) mass is 204 g/mol. The topological polar surface area (TPSA) is 97.2 Å². The molecule has 70 valence electrons. The fourth-order valence-corrected chi connectivity index (χ4v) is 0.689. The zero-order chi connectivity index (χ0) is 10.3. The zero-order valence-corrected chi connectivity index (χ0v) is 7.02. The first-order chi connectivity index (χ1) is 6.11. The molecule has 6 nitrogen and oxygen atoms in total. The molecule has 0 bridgehead atoms. The maximum Gasteiger partial charge on any atom is 0.269 e. The quantitative estimate of drug-likeness (QED) is 0.534. The van der Waals surface area contributed by atoms with E-state index in [0.717, 1.165) is 0 Å². The van der Waals surface area contributed by atoms with Crippen LogP contribution in [0.5, 0.6) is 0 Å². The number of nitrogens with one attached hydrogen (secondary N) is 1. The predicted octanol–water partition coefficient (Wildman–Crippen LogP) is 0.579. The van der Waals surface area contributed by atoms with Gasteiger partial charge < -0.3 is 0 Å². The van der Waals surface area contributed by atoms with Gasteiger partial charge in [0.25, 0.3) is 5.69 Å². The fraction of sp³-hybridized carbons (Fsp3) is 0. The molecule has 7 heteroatoms. The molecule has 0 atom stereocenters. The molecule has 0 heterocycles. The number of hydrogen-bond acceptors (Lipinski definition) is 4. The van der Waals surface area contributed by atoms with Crippen molar-refractivity contribution in [1.82, 2.24) is 0 Å². The van der Waals surface area contributed by atoms with E-state index in [1.54, 1.807) is 0 Å². The van der Waals surface area contributed by atoms with Gasteiger partial charge in [-0.2, -0.15) is 0 Å². The number of non-ortho nitro benzene ring substituents is 1. The van der Waals surface area contributed by atoms with Gasteiger partial charge in [-0.05, 0) is 12.1 Å². The second-order valence-corrected chi connectivity index (χ2v) is 2.25. The van der Waals surface area contributed by atoms with Crippen LogP contribution >= 0.6 is 11.6 Å². The SMILES string of the molecule is O=[N+]([O-])c1ccc(Cl)cc1.O=[NH+][O-]. The Kier molecular flexibility index (Phi) is 5.13. The maximum absolute atomic E-state index is 10.1. The molecule has 1 N–H and O–H groups in total. The Bertz CT molecular complexity index is 287. The van der Waals surface area contributed by atoms with Gasteiger partial charge in [-0.15, -0.1) is 0 Å². The molecule has 0 radical (unpaired) electrons. The fourth-order valence-electron chi connectivity index (χ4n) is 0.563. The highest BCUT2D eigenvalue weighted by Gasteiger charge is 2.01. The van der Waals surface area contributed by atoms with Crippen LogP contribution in [0, 0.1) is 20.2 Å². The third-order valence-corrected chi connectivity index (χ3v) is 1.29. The van der Waals surface area contributed by atoms with Crippen molar-refractivity contribution in [1.29, 1.82) is 0 Å². The van der Waals surface area contributed by atoms with Gasteiger partial charge in [0.15, 0.2) is 0 Å². The minimum Gasteiger partial charge on any atom is -0.267 e. The summed E-state index contributed by atoms with van der Waals surface area (Å²) in [5.74, 6) is 0. The first-order valence-corrected chi connectivity index (χ1v) is 3.39. The number of benzene rings is 1. The number of nitro groups is 1. The summed E-state index contributed by atoms with van der Waals surface area (Å²) in [6.07, 6.45) is 0. The Morgan fingerprint density at radius 3 is 2.00 bits per heavy atom. The third-order valence-electron chi connectivity index (χ3n) is 1.04. The predicted molar refractivity (Wildman–Crippen MR) is 45.8 cm³/mol. The molecule has 0 unspecified atom stereocenters. The van der Waals surface area contributed by atoms with Crippen LogP contribution in [0.4, 0.5) is 5.69 Å². The first kappa shape index (κ1) is 11.3.